The molecule has 32 heavy (non-hydrogen) atoms. The van der Waals surface area contributed by atoms with Crippen LogP contribution in [0.1, 0.15) is 15.9 Å². The highest BCUT2D eigenvalue weighted by Crippen LogP contribution is 2.33. The molecular weight excluding hydrogens is 413 g/mol. The van der Waals surface area contributed by atoms with E-state index in [0.29, 0.717) is 22.3 Å². The predicted octanol–water partition coefficient (Wildman–Crippen LogP) is 4.54. The lowest BCUT2D eigenvalue weighted by atomic mass is 10.1. The van der Waals surface area contributed by atoms with Crippen LogP contribution in [0.15, 0.2) is 66.7 Å². The van der Waals surface area contributed by atoms with Crippen molar-refractivity contribution >= 4 is 5.97 Å². The van der Waals surface area contributed by atoms with Gasteiger partial charge in [-0.15, -0.1) is 0 Å². The summed E-state index contributed by atoms with van der Waals surface area (Å²) in [4.78, 5) is 25.1. The highest BCUT2D eigenvalue weighted by atomic mass is 19.1. The maximum Gasteiger partial charge on any atom is 0.337 e. The zero-order chi connectivity index (χ0) is 22.7. The van der Waals surface area contributed by atoms with Gasteiger partial charge < -0.3 is 14.9 Å². The Labute approximate surface area is 182 Å². The Hall–Kier alpha value is -4.33. The molecule has 0 bridgehead atoms. The highest BCUT2D eigenvalue weighted by molar-refractivity contribution is 5.89. The average molecular weight is 431 g/mol. The van der Waals surface area contributed by atoms with Crippen LogP contribution in [0.25, 0.3) is 34.2 Å². The summed E-state index contributed by atoms with van der Waals surface area (Å²) < 4.78 is 17.7. The number of aromatic nitrogens is 3. The van der Waals surface area contributed by atoms with Gasteiger partial charge in [0.05, 0.1) is 23.8 Å². The molecule has 4 rings (SSSR count). The fourth-order valence-electron chi connectivity index (χ4n) is 3.13. The summed E-state index contributed by atoms with van der Waals surface area (Å²) in [7, 11) is 1.30. The van der Waals surface area contributed by atoms with E-state index in [2.05, 4.69) is 15.0 Å². The predicted molar refractivity (Wildman–Crippen MR) is 116 cm³/mol. The Morgan fingerprint density at radius 2 is 1.47 bits per heavy atom. The molecule has 0 amide bonds. The molecule has 0 aliphatic carbocycles. The molecule has 0 unspecified atom stereocenters. The van der Waals surface area contributed by atoms with Gasteiger partial charge in [-0.25, -0.2) is 24.1 Å². The van der Waals surface area contributed by atoms with Crippen LogP contribution >= 0.6 is 0 Å². The van der Waals surface area contributed by atoms with Crippen LogP contribution in [0.5, 0.6) is 11.5 Å². The maximum absolute atomic E-state index is 13.0. The Kier molecular flexibility index (Phi) is 5.76. The molecular formula is C24H18FN3O4. The van der Waals surface area contributed by atoms with Crippen LogP contribution in [-0.4, -0.2) is 38.2 Å². The molecule has 2 N–H and O–H groups in total. The van der Waals surface area contributed by atoms with Crippen molar-refractivity contribution in [1.82, 2.24) is 15.0 Å². The van der Waals surface area contributed by atoms with Crippen LogP contribution in [0, 0.1) is 0 Å². The molecule has 0 radical (unpaired) electrons. The number of carbonyl (C=O) groups is 1. The van der Waals surface area contributed by atoms with Crippen LogP contribution in [-0.2, 0) is 11.4 Å². The SMILES string of the molecule is COC(=O)c1ccc(-c2nc(-c3ccccc3O)nc(-c3ccc(CF)cc3O)n2)cc1. The van der Waals surface area contributed by atoms with Gasteiger partial charge >= 0.3 is 5.97 Å². The first-order valence-corrected chi connectivity index (χ1v) is 9.61. The van der Waals surface area contributed by atoms with Gasteiger partial charge in [-0.3, -0.25) is 0 Å². The molecule has 8 heteroatoms. The quantitative estimate of drug-likeness (QED) is 0.447. The number of nitrogens with zero attached hydrogens (tertiary/aromatic N) is 3. The first-order chi connectivity index (χ1) is 15.5. The van der Waals surface area contributed by atoms with Crippen molar-refractivity contribution in [3.8, 4) is 45.7 Å². The van der Waals surface area contributed by atoms with E-state index in [4.69, 9.17) is 4.74 Å². The first kappa shape index (κ1) is 20.9. The summed E-state index contributed by atoms with van der Waals surface area (Å²) in [6, 6.07) is 17.4. The second-order valence-electron chi connectivity index (χ2n) is 6.88. The molecule has 0 saturated heterocycles. The third-order valence-corrected chi connectivity index (χ3v) is 4.80. The van der Waals surface area contributed by atoms with Gasteiger partial charge in [-0.2, -0.15) is 0 Å². The average Bonchev–Trinajstić information content (AvgIpc) is 2.83. The van der Waals surface area contributed by atoms with E-state index in [1.807, 2.05) is 0 Å². The third-order valence-electron chi connectivity index (χ3n) is 4.80. The lowest BCUT2D eigenvalue weighted by Gasteiger charge is -2.11. The molecule has 1 heterocycles. The minimum absolute atomic E-state index is 0.0198. The number of phenols is 2. The van der Waals surface area contributed by atoms with Crippen LogP contribution in [0.3, 0.4) is 0 Å². The number of ether oxygens (including phenoxy) is 1. The van der Waals surface area contributed by atoms with Crippen molar-refractivity contribution < 1.29 is 24.1 Å². The largest absolute Gasteiger partial charge is 0.507 e. The van der Waals surface area contributed by atoms with Crippen molar-refractivity contribution in [1.29, 1.82) is 0 Å². The minimum Gasteiger partial charge on any atom is -0.507 e. The molecule has 0 saturated carbocycles. The van der Waals surface area contributed by atoms with Crippen molar-refractivity contribution in [2.75, 3.05) is 7.11 Å². The zero-order valence-electron chi connectivity index (χ0n) is 17.0. The summed E-state index contributed by atoms with van der Waals surface area (Å²) >= 11 is 0. The Morgan fingerprint density at radius 1 is 0.844 bits per heavy atom. The van der Waals surface area contributed by atoms with Crippen LogP contribution in [0.2, 0.25) is 0 Å². The number of carbonyl (C=O) groups excluding carboxylic acids is 1. The van der Waals surface area contributed by atoms with Crippen LogP contribution < -0.4 is 0 Å². The first-order valence-electron chi connectivity index (χ1n) is 9.61. The van der Waals surface area contributed by atoms with Crippen molar-refractivity contribution in [2.45, 2.75) is 6.67 Å². The molecule has 4 aromatic rings. The second-order valence-corrected chi connectivity index (χ2v) is 6.88. The lowest BCUT2D eigenvalue weighted by molar-refractivity contribution is 0.0600. The number of hydrogen-bond donors (Lipinski definition) is 2. The van der Waals surface area contributed by atoms with E-state index < -0.39 is 12.6 Å². The van der Waals surface area contributed by atoms with E-state index in [1.165, 1.54) is 31.4 Å². The van der Waals surface area contributed by atoms with Gasteiger partial charge in [-0.05, 0) is 42.0 Å². The summed E-state index contributed by atoms with van der Waals surface area (Å²) in [5, 5.41) is 20.7. The lowest BCUT2D eigenvalue weighted by Crippen LogP contribution is -2.02. The number of phenolic OH excluding ortho intramolecular Hbond substituents is 2. The topological polar surface area (TPSA) is 105 Å². The maximum atomic E-state index is 13.0. The minimum atomic E-state index is -0.716. The number of methoxy groups -OCH3 is 1. The molecule has 160 valence electrons. The van der Waals surface area contributed by atoms with E-state index in [-0.39, 0.29) is 34.5 Å². The standard InChI is InChI=1S/C24H18FN3O4/c1-32-24(31)16-9-7-15(8-10-16)21-26-22(17-4-2-3-5-19(17)29)28-23(27-21)18-11-6-14(13-25)12-20(18)30/h2-12,29-30H,13H2,1H3. The van der Waals surface area contributed by atoms with Gasteiger partial charge in [0.15, 0.2) is 17.5 Å². The second kappa shape index (κ2) is 8.81. The normalized spacial score (nSPS) is 10.7. The number of esters is 1. The van der Waals surface area contributed by atoms with E-state index in [9.17, 15) is 19.4 Å². The number of alkyl halides is 1. The number of halogens is 1. The fourth-order valence-corrected chi connectivity index (χ4v) is 3.13. The molecule has 0 spiro atoms. The fraction of sp³-hybridized carbons (Fsp3) is 0.0833. The van der Waals surface area contributed by atoms with E-state index >= 15 is 0 Å². The number of aromatic hydroxyl groups is 2. The molecule has 3 aromatic carbocycles. The smallest absolute Gasteiger partial charge is 0.337 e. The molecule has 0 aliphatic rings. The zero-order valence-corrected chi connectivity index (χ0v) is 17.0. The summed E-state index contributed by atoms with van der Waals surface area (Å²) in [6.07, 6.45) is 0. The van der Waals surface area contributed by atoms with Gasteiger partial charge in [-0.1, -0.05) is 30.3 Å². The highest BCUT2D eigenvalue weighted by Gasteiger charge is 2.17. The van der Waals surface area contributed by atoms with Gasteiger partial charge in [0.25, 0.3) is 0 Å². The number of para-hydroxylation sites is 1. The van der Waals surface area contributed by atoms with Crippen molar-refractivity contribution in [3.63, 3.8) is 0 Å². The Morgan fingerprint density at radius 3 is 2.06 bits per heavy atom. The van der Waals surface area contributed by atoms with Crippen molar-refractivity contribution in [2.24, 2.45) is 0 Å². The Bertz CT molecular complexity index is 1290. The number of hydrogen-bond acceptors (Lipinski definition) is 7. The summed E-state index contributed by atoms with van der Waals surface area (Å²) in [6.45, 7) is -0.716. The number of rotatable bonds is 5. The Balaban J connectivity index is 1.88. The summed E-state index contributed by atoms with van der Waals surface area (Å²) in [5.41, 5.74) is 1.93. The summed E-state index contributed by atoms with van der Waals surface area (Å²) in [5.74, 6) is -0.0724. The van der Waals surface area contributed by atoms with Crippen molar-refractivity contribution in [3.05, 3.63) is 77.9 Å². The molecule has 0 atom stereocenters. The molecule has 0 aliphatic heterocycles. The van der Waals surface area contributed by atoms with Gasteiger partial charge in [0, 0.05) is 5.56 Å². The van der Waals surface area contributed by atoms with Crippen LogP contribution in [0.4, 0.5) is 4.39 Å². The molecule has 1 aromatic heterocycles. The van der Waals surface area contributed by atoms with E-state index in [1.54, 1.807) is 42.5 Å². The van der Waals surface area contributed by atoms with E-state index in [0.717, 1.165) is 0 Å². The third kappa shape index (κ3) is 4.11. The molecule has 7 nitrogen and oxygen atoms in total. The monoisotopic (exact) mass is 431 g/mol. The number of benzene rings is 3. The van der Waals surface area contributed by atoms with Gasteiger partial charge in [0.2, 0.25) is 0 Å². The molecule has 0 fully saturated rings. The van der Waals surface area contributed by atoms with Gasteiger partial charge in [0.1, 0.15) is 18.2 Å².